The first-order valence-corrected chi connectivity index (χ1v) is 13.3. The SMILES string of the molecule is C=CC(=O)OCCCCOc1ccc(C(=O)OC2CCC(C3CCC(CCC)CC3)CC2)cc1. The molecule has 34 heavy (non-hydrogen) atoms. The maximum atomic E-state index is 12.6. The van der Waals surface area contributed by atoms with Gasteiger partial charge in [-0.05, 0) is 93.4 Å². The van der Waals surface area contributed by atoms with Crippen molar-refractivity contribution in [1.82, 2.24) is 0 Å². The van der Waals surface area contributed by atoms with E-state index in [0.717, 1.165) is 49.5 Å². The van der Waals surface area contributed by atoms with Crippen molar-refractivity contribution in [2.45, 2.75) is 90.1 Å². The van der Waals surface area contributed by atoms with E-state index in [9.17, 15) is 9.59 Å². The largest absolute Gasteiger partial charge is 0.494 e. The van der Waals surface area contributed by atoms with Crippen LogP contribution in [0.25, 0.3) is 0 Å². The summed E-state index contributed by atoms with van der Waals surface area (Å²) in [5.74, 6) is 2.75. The third-order valence-electron chi connectivity index (χ3n) is 7.56. The summed E-state index contributed by atoms with van der Waals surface area (Å²) in [6, 6.07) is 7.15. The molecule has 3 rings (SSSR count). The third-order valence-corrected chi connectivity index (χ3v) is 7.56. The average molecular weight is 471 g/mol. The molecule has 0 aromatic heterocycles. The summed E-state index contributed by atoms with van der Waals surface area (Å²) in [4.78, 5) is 23.6. The molecule has 0 atom stereocenters. The summed E-state index contributed by atoms with van der Waals surface area (Å²) in [6.45, 7) is 6.55. The Labute approximate surface area is 205 Å². The van der Waals surface area contributed by atoms with E-state index in [0.29, 0.717) is 24.5 Å². The lowest BCUT2D eigenvalue weighted by atomic mass is 9.70. The summed E-state index contributed by atoms with van der Waals surface area (Å²) in [6.07, 6.45) is 15.4. The Bertz CT molecular complexity index is 755. The van der Waals surface area contributed by atoms with Crippen LogP contribution in [0.4, 0.5) is 0 Å². The van der Waals surface area contributed by atoms with Gasteiger partial charge in [0.25, 0.3) is 0 Å². The number of ether oxygens (including phenoxy) is 3. The van der Waals surface area contributed by atoms with Crippen molar-refractivity contribution < 1.29 is 23.8 Å². The zero-order valence-corrected chi connectivity index (χ0v) is 20.8. The van der Waals surface area contributed by atoms with Crippen LogP contribution in [0.1, 0.15) is 94.3 Å². The van der Waals surface area contributed by atoms with Gasteiger partial charge in [-0.3, -0.25) is 0 Å². The van der Waals surface area contributed by atoms with Gasteiger partial charge in [-0.1, -0.05) is 39.2 Å². The minimum absolute atomic E-state index is 0.0475. The molecule has 188 valence electrons. The summed E-state index contributed by atoms with van der Waals surface area (Å²) in [7, 11) is 0. The second-order valence-corrected chi connectivity index (χ2v) is 9.96. The Hall–Kier alpha value is -2.30. The molecule has 2 saturated carbocycles. The fourth-order valence-corrected chi connectivity index (χ4v) is 5.57. The van der Waals surface area contributed by atoms with Gasteiger partial charge in [-0.2, -0.15) is 0 Å². The minimum Gasteiger partial charge on any atom is -0.494 e. The molecule has 0 bridgehead atoms. The maximum Gasteiger partial charge on any atom is 0.338 e. The maximum absolute atomic E-state index is 12.6. The monoisotopic (exact) mass is 470 g/mol. The second kappa shape index (κ2) is 14.2. The average Bonchev–Trinajstić information content (AvgIpc) is 2.87. The highest BCUT2D eigenvalue weighted by Crippen LogP contribution is 2.41. The number of hydrogen-bond acceptors (Lipinski definition) is 5. The number of rotatable bonds is 12. The molecular weight excluding hydrogens is 428 g/mol. The summed E-state index contributed by atoms with van der Waals surface area (Å²) in [5.41, 5.74) is 0.569. The molecule has 0 heterocycles. The van der Waals surface area contributed by atoms with Crippen molar-refractivity contribution in [2.75, 3.05) is 13.2 Å². The van der Waals surface area contributed by atoms with Crippen molar-refractivity contribution in [3.05, 3.63) is 42.5 Å². The first kappa shape index (κ1) is 26.3. The number of carbonyl (C=O) groups is 2. The predicted molar refractivity (Wildman–Crippen MR) is 134 cm³/mol. The number of benzene rings is 1. The van der Waals surface area contributed by atoms with Crippen LogP contribution in [0, 0.1) is 17.8 Å². The van der Waals surface area contributed by atoms with Crippen LogP contribution in [0.5, 0.6) is 5.75 Å². The third kappa shape index (κ3) is 8.48. The van der Waals surface area contributed by atoms with Gasteiger partial charge in [0.15, 0.2) is 0 Å². The van der Waals surface area contributed by atoms with Crippen LogP contribution >= 0.6 is 0 Å². The smallest absolute Gasteiger partial charge is 0.338 e. The molecule has 5 heteroatoms. The van der Waals surface area contributed by atoms with E-state index in [-0.39, 0.29) is 12.1 Å². The Kier molecular flexibility index (Phi) is 11.0. The van der Waals surface area contributed by atoms with E-state index in [2.05, 4.69) is 13.5 Å². The molecule has 1 aromatic rings. The van der Waals surface area contributed by atoms with Crippen molar-refractivity contribution in [3.8, 4) is 5.75 Å². The molecule has 2 fully saturated rings. The van der Waals surface area contributed by atoms with Crippen molar-refractivity contribution in [3.63, 3.8) is 0 Å². The van der Waals surface area contributed by atoms with Gasteiger partial charge in [-0.25, -0.2) is 9.59 Å². The number of esters is 2. The summed E-state index contributed by atoms with van der Waals surface area (Å²) < 4.78 is 16.5. The molecule has 0 aliphatic heterocycles. The lowest BCUT2D eigenvalue weighted by Gasteiger charge is -2.37. The fraction of sp³-hybridized carbons (Fsp3) is 0.655. The molecule has 0 unspecified atom stereocenters. The zero-order valence-electron chi connectivity index (χ0n) is 20.8. The zero-order chi connectivity index (χ0) is 24.2. The summed E-state index contributed by atoms with van der Waals surface area (Å²) in [5, 5.41) is 0. The topological polar surface area (TPSA) is 61.8 Å². The molecule has 2 aliphatic rings. The Morgan fingerprint density at radius 1 is 0.912 bits per heavy atom. The number of carbonyl (C=O) groups excluding carboxylic acids is 2. The number of unbranched alkanes of at least 4 members (excludes halogenated alkanes) is 1. The molecule has 2 aliphatic carbocycles. The molecule has 0 radical (unpaired) electrons. The molecule has 0 N–H and O–H groups in total. The molecule has 5 nitrogen and oxygen atoms in total. The highest BCUT2D eigenvalue weighted by molar-refractivity contribution is 5.89. The van der Waals surface area contributed by atoms with Gasteiger partial charge < -0.3 is 14.2 Å². The highest BCUT2D eigenvalue weighted by atomic mass is 16.5. The normalized spacial score (nSPS) is 24.7. The van der Waals surface area contributed by atoms with Gasteiger partial charge in [-0.15, -0.1) is 0 Å². The molecule has 0 spiro atoms. The van der Waals surface area contributed by atoms with E-state index in [1.165, 1.54) is 51.4 Å². The number of hydrogen-bond donors (Lipinski definition) is 0. The molecular formula is C29H42O5. The Balaban J connectivity index is 1.31. The molecule has 0 saturated heterocycles. The second-order valence-electron chi connectivity index (χ2n) is 9.96. The first-order valence-electron chi connectivity index (χ1n) is 13.3. The molecule has 1 aromatic carbocycles. The fourth-order valence-electron chi connectivity index (χ4n) is 5.57. The van der Waals surface area contributed by atoms with Crippen molar-refractivity contribution in [2.24, 2.45) is 17.8 Å². The van der Waals surface area contributed by atoms with Crippen LogP contribution in [-0.4, -0.2) is 31.3 Å². The van der Waals surface area contributed by atoms with E-state index in [1.54, 1.807) is 24.3 Å². The lowest BCUT2D eigenvalue weighted by Crippen LogP contribution is -2.29. The van der Waals surface area contributed by atoms with Gasteiger partial charge >= 0.3 is 11.9 Å². The standard InChI is InChI=1S/C29H42O5/c1-3-7-22-8-10-23(11-9-22)24-12-18-27(19-13-24)34-29(31)25-14-16-26(17-15-25)32-20-5-6-21-33-28(30)4-2/h4,14-17,22-24,27H,2-3,5-13,18-21H2,1H3. The van der Waals surface area contributed by atoms with E-state index < -0.39 is 5.97 Å². The van der Waals surface area contributed by atoms with Crippen molar-refractivity contribution in [1.29, 1.82) is 0 Å². The predicted octanol–water partition coefficient (Wildman–Crippen LogP) is 6.90. The van der Waals surface area contributed by atoms with Crippen molar-refractivity contribution >= 4 is 11.9 Å². The molecule has 0 amide bonds. The minimum atomic E-state index is -0.402. The first-order chi connectivity index (χ1) is 16.6. The summed E-state index contributed by atoms with van der Waals surface area (Å²) >= 11 is 0. The van der Waals surface area contributed by atoms with E-state index >= 15 is 0 Å². The van der Waals surface area contributed by atoms with Crippen LogP contribution < -0.4 is 4.74 Å². The van der Waals surface area contributed by atoms with Gasteiger partial charge in [0.1, 0.15) is 11.9 Å². The highest BCUT2D eigenvalue weighted by Gasteiger charge is 2.31. The van der Waals surface area contributed by atoms with Gasteiger partial charge in [0.2, 0.25) is 0 Å². The lowest BCUT2D eigenvalue weighted by molar-refractivity contribution is -0.137. The van der Waals surface area contributed by atoms with Crippen LogP contribution in [0.15, 0.2) is 36.9 Å². The van der Waals surface area contributed by atoms with Gasteiger partial charge in [0.05, 0.1) is 18.8 Å². The quantitative estimate of drug-likeness (QED) is 0.189. The van der Waals surface area contributed by atoms with Crippen LogP contribution in [0.2, 0.25) is 0 Å². The van der Waals surface area contributed by atoms with Crippen LogP contribution in [0.3, 0.4) is 0 Å². The Morgan fingerprint density at radius 3 is 2.15 bits per heavy atom. The van der Waals surface area contributed by atoms with Crippen LogP contribution in [-0.2, 0) is 14.3 Å². The van der Waals surface area contributed by atoms with Gasteiger partial charge in [0, 0.05) is 6.08 Å². The Morgan fingerprint density at radius 2 is 1.53 bits per heavy atom. The van der Waals surface area contributed by atoms with E-state index in [1.807, 2.05) is 0 Å². The van der Waals surface area contributed by atoms with E-state index in [4.69, 9.17) is 14.2 Å².